The molecule has 1 atom stereocenters. The molecule has 1 aliphatic heterocycles. The standard InChI is InChI=1S/C14H16N2OS3/c17-13-11-9-3-1-2-4-10(9)20-12(11)15-14(18)16(13)8-5-6-19-7-8/h8H,1-7H2,(H,15,18). The summed E-state index contributed by atoms with van der Waals surface area (Å²) in [4.78, 5) is 18.7. The summed E-state index contributed by atoms with van der Waals surface area (Å²) in [6, 6.07) is 0.278. The normalized spacial score (nSPS) is 22.3. The molecule has 106 valence electrons. The summed E-state index contributed by atoms with van der Waals surface area (Å²) < 4.78 is 2.45. The Bertz CT molecular complexity index is 780. The Morgan fingerprint density at radius 1 is 1.30 bits per heavy atom. The zero-order chi connectivity index (χ0) is 13.7. The zero-order valence-electron chi connectivity index (χ0n) is 11.1. The summed E-state index contributed by atoms with van der Waals surface area (Å²) in [5, 5.41) is 0.926. The van der Waals surface area contributed by atoms with Gasteiger partial charge in [0.25, 0.3) is 5.56 Å². The van der Waals surface area contributed by atoms with Crippen LogP contribution in [-0.2, 0) is 12.8 Å². The lowest BCUT2D eigenvalue weighted by molar-refractivity contribution is 0.530. The number of aryl methyl sites for hydroxylation is 2. The van der Waals surface area contributed by atoms with E-state index in [1.54, 1.807) is 11.3 Å². The number of rotatable bonds is 1. The van der Waals surface area contributed by atoms with Crippen LogP contribution in [0.3, 0.4) is 0 Å². The van der Waals surface area contributed by atoms with Gasteiger partial charge < -0.3 is 4.98 Å². The molecule has 0 aromatic carbocycles. The maximum atomic E-state index is 12.9. The molecule has 20 heavy (non-hydrogen) atoms. The predicted octanol–water partition coefficient (Wildman–Crippen LogP) is 3.68. The molecule has 3 heterocycles. The highest BCUT2D eigenvalue weighted by Gasteiger charge is 2.24. The van der Waals surface area contributed by atoms with Crippen LogP contribution in [0.15, 0.2) is 4.79 Å². The minimum Gasteiger partial charge on any atom is -0.323 e. The molecule has 1 unspecified atom stereocenters. The quantitative estimate of drug-likeness (QED) is 0.813. The number of H-pyrrole nitrogens is 1. The summed E-state index contributed by atoms with van der Waals surface area (Å²) in [5.41, 5.74) is 1.45. The van der Waals surface area contributed by atoms with Crippen LogP contribution in [0.5, 0.6) is 0 Å². The molecule has 2 aromatic rings. The summed E-state index contributed by atoms with van der Waals surface area (Å²) in [6.45, 7) is 0. The van der Waals surface area contributed by atoms with Crippen LogP contribution in [0.4, 0.5) is 0 Å². The topological polar surface area (TPSA) is 37.8 Å². The molecule has 0 saturated carbocycles. The molecule has 0 bridgehead atoms. The van der Waals surface area contributed by atoms with Crippen molar-refractivity contribution in [2.24, 2.45) is 0 Å². The lowest BCUT2D eigenvalue weighted by Crippen LogP contribution is -2.26. The summed E-state index contributed by atoms with van der Waals surface area (Å²) in [6.07, 6.45) is 5.67. The summed E-state index contributed by atoms with van der Waals surface area (Å²) >= 11 is 9.10. The average molecular weight is 324 g/mol. The van der Waals surface area contributed by atoms with E-state index in [0.717, 1.165) is 41.0 Å². The fraction of sp³-hybridized carbons (Fsp3) is 0.571. The Kier molecular flexibility index (Phi) is 3.27. The van der Waals surface area contributed by atoms with Crippen LogP contribution in [0.1, 0.15) is 35.7 Å². The molecule has 2 aliphatic rings. The van der Waals surface area contributed by atoms with Crippen molar-refractivity contribution in [3.8, 4) is 0 Å². The van der Waals surface area contributed by atoms with E-state index in [0.29, 0.717) is 4.77 Å². The van der Waals surface area contributed by atoms with Gasteiger partial charge >= 0.3 is 0 Å². The van der Waals surface area contributed by atoms with Gasteiger partial charge in [-0.05, 0) is 55.6 Å². The maximum absolute atomic E-state index is 12.9. The first-order valence-corrected chi connectivity index (χ1v) is 9.50. The van der Waals surface area contributed by atoms with E-state index in [2.05, 4.69) is 4.98 Å². The van der Waals surface area contributed by atoms with Crippen molar-refractivity contribution in [1.82, 2.24) is 9.55 Å². The second-order valence-corrected chi connectivity index (χ2v) is 8.18. The summed E-state index contributed by atoms with van der Waals surface area (Å²) in [5.74, 6) is 2.14. The lowest BCUT2D eigenvalue weighted by Gasteiger charge is -2.14. The number of thioether (sulfide) groups is 1. The van der Waals surface area contributed by atoms with Crippen molar-refractivity contribution in [3.05, 3.63) is 25.6 Å². The molecule has 0 spiro atoms. The van der Waals surface area contributed by atoms with Gasteiger partial charge in [-0.15, -0.1) is 11.3 Å². The van der Waals surface area contributed by atoms with Crippen LogP contribution in [0.2, 0.25) is 0 Å². The Labute approximate surface area is 130 Å². The third kappa shape index (κ3) is 1.92. The molecule has 1 aliphatic carbocycles. The fourth-order valence-electron chi connectivity index (χ4n) is 3.31. The van der Waals surface area contributed by atoms with Gasteiger partial charge in [0.15, 0.2) is 4.77 Å². The number of aromatic amines is 1. The van der Waals surface area contributed by atoms with Gasteiger partial charge in [0, 0.05) is 16.7 Å². The molecule has 1 saturated heterocycles. The van der Waals surface area contributed by atoms with Crippen molar-refractivity contribution in [2.45, 2.75) is 38.1 Å². The van der Waals surface area contributed by atoms with E-state index < -0.39 is 0 Å². The van der Waals surface area contributed by atoms with Crippen molar-refractivity contribution in [3.63, 3.8) is 0 Å². The van der Waals surface area contributed by atoms with Gasteiger partial charge in [-0.3, -0.25) is 9.36 Å². The van der Waals surface area contributed by atoms with E-state index in [-0.39, 0.29) is 11.6 Å². The van der Waals surface area contributed by atoms with Gasteiger partial charge in [0.2, 0.25) is 0 Å². The predicted molar refractivity (Wildman–Crippen MR) is 88.9 cm³/mol. The molecule has 3 nitrogen and oxygen atoms in total. The minimum absolute atomic E-state index is 0.149. The Morgan fingerprint density at radius 3 is 2.95 bits per heavy atom. The molecule has 0 amide bonds. The maximum Gasteiger partial charge on any atom is 0.263 e. The van der Waals surface area contributed by atoms with E-state index in [1.807, 2.05) is 16.3 Å². The van der Waals surface area contributed by atoms with E-state index in [4.69, 9.17) is 12.2 Å². The van der Waals surface area contributed by atoms with E-state index >= 15 is 0 Å². The van der Waals surface area contributed by atoms with Crippen LogP contribution in [0, 0.1) is 4.77 Å². The first-order valence-electron chi connectivity index (χ1n) is 7.12. The first kappa shape index (κ1) is 13.1. The monoisotopic (exact) mass is 324 g/mol. The number of hydrogen-bond donors (Lipinski definition) is 1. The average Bonchev–Trinajstić information content (AvgIpc) is 3.05. The molecule has 1 N–H and O–H groups in total. The molecule has 4 rings (SSSR count). The molecular formula is C14H16N2OS3. The number of nitrogens with one attached hydrogen (secondary N) is 1. The minimum atomic E-state index is 0.149. The van der Waals surface area contributed by atoms with Gasteiger partial charge in [-0.25, -0.2) is 0 Å². The van der Waals surface area contributed by atoms with Gasteiger partial charge in [0.1, 0.15) is 4.83 Å². The van der Waals surface area contributed by atoms with Crippen molar-refractivity contribution >= 4 is 45.5 Å². The third-order valence-electron chi connectivity index (χ3n) is 4.31. The number of fused-ring (bicyclic) bond motifs is 3. The van der Waals surface area contributed by atoms with Crippen LogP contribution < -0.4 is 5.56 Å². The van der Waals surface area contributed by atoms with Crippen LogP contribution >= 0.6 is 35.3 Å². The van der Waals surface area contributed by atoms with Crippen molar-refractivity contribution in [1.29, 1.82) is 0 Å². The van der Waals surface area contributed by atoms with Gasteiger partial charge in [-0.1, -0.05) is 0 Å². The van der Waals surface area contributed by atoms with E-state index in [1.165, 1.54) is 23.3 Å². The molecular weight excluding hydrogens is 308 g/mol. The highest BCUT2D eigenvalue weighted by molar-refractivity contribution is 7.99. The molecule has 2 aromatic heterocycles. The smallest absolute Gasteiger partial charge is 0.263 e. The Balaban J connectivity index is 2.01. The second-order valence-electron chi connectivity index (χ2n) is 5.54. The van der Waals surface area contributed by atoms with Crippen molar-refractivity contribution in [2.75, 3.05) is 11.5 Å². The van der Waals surface area contributed by atoms with E-state index in [9.17, 15) is 4.79 Å². The lowest BCUT2D eigenvalue weighted by atomic mass is 9.97. The SMILES string of the molecule is O=c1c2c3c(sc2[nH]c(=S)n1C1CCSC1)CCCC3. The zero-order valence-corrected chi connectivity index (χ0v) is 13.6. The summed E-state index contributed by atoms with van der Waals surface area (Å²) in [7, 11) is 0. The largest absolute Gasteiger partial charge is 0.323 e. The number of nitrogens with zero attached hydrogens (tertiary/aromatic N) is 1. The Morgan fingerprint density at radius 2 is 2.15 bits per heavy atom. The number of hydrogen-bond acceptors (Lipinski definition) is 4. The highest BCUT2D eigenvalue weighted by atomic mass is 32.2. The highest BCUT2D eigenvalue weighted by Crippen LogP contribution is 2.34. The second kappa shape index (κ2) is 5.00. The fourth-order valence-corrected chi connectivity index (χ4v) is 6.18. The van der Waals surface area contributed by atoms with Gasteiger partial charge in [0.05, 0.1) is 5.39 Å². The molecule has 6 heteroatoms. The van der Waals surface area contributed by atoms with Gasteiger partial charge in [-0.2, -0.15) is 11.8 Å². The third-order valence-corrected chi connectivity index (χ3v) is 6.96. The van der Waals surface area contributed by atoms with Crippen LogP contribution in [0.25, 0.3) is 10.2 Å². The number of aromatic nitrogens is 2. The van der Waals surface area contributed by atoms with Crippen molar-refractivity contribution < 1.29 is 0 Å². The molecule has 1 fully saturated rings. The van der Waals surface area contributed by atoms with Crippen LogP contribution in [-0.4, -0.2) is 21.1 Å². The molecule has 0 radical (unpaired) electrons. The Hall–Kier alpha value is -0.590. The first-order chi connectivity index (χ1) is 9.75. The number of thiophene rings is 1.